The topological polar surface area (TPSA) is 34.1 Å². The van der Waals surface area contributed by atoms with Crippen LogP contribution in [0, 0.1) is 0 Å². The number of hydrogen-bond donors (Lipinski definition) is 0. The van der Waals surface area contributed by atoms with Crippen LogP contribution in [0.2, 0.25) is 0 Å². The highest BCUT2D eigenvalue weighted by atomic mass is 32.2. The Balaban J connectivity index is 2.84. The smallest absolute Gasteiger partial charge is 0.160 e. The third-order valence-corrected chi connectivity index (χ3v) is 4.86. The summed E-state index contributed by atoms with van der Waals surface area (Å²) in [5.74, 6) is 0.242. The van der Waals surface area contributed by atoms with E-state index in [9.17, 15) is 8.42 Å². The average molecular weight is 252 g/mol. The molecule has 3 heteroatoms. The second kappa shape index (κ2) is 6.60. The fourth-order valence-electron chi connectivity index (χ4n) is 1.81. The molecule has 0 aromatic heterocycles. The van der Waals surface area contributed by atoms with Gasteiger partial charge in [0, 0.05) is 0 Å². The van der Waals surface area contributed by atoms with Crippen LogP contribution in [0.15, 0.2) is 43.0 Å². The molecule has 1 unspecified atom stereocenters. The van der Waals surface area contributed by atoms with Crippen LogP contribution in [0.4, 0.5) is 0 Å². The van der Waals surface area contributed by atoms with Crippen molar-refractivity contribution >= 4 is 9.84 Å². The highest BCUT2D eigenvalue weighted by molar-refractivity contribution is 7.91. The van der Waals surface area contributed by atoms with Crippen molar-refractivity contribution in [3.63, 3.8) is 0 Å². The Morgan fingerprint density at radius 1 is 1.24 bits per heavy atom. The molecule has 0 spiro atoms. The summed E-state index contributed by atoms with van der Waals surface area (Å²) >= 11 is 0. The van der Waals surface area contributed by atoms with E-state index in [1.54, 1.807) is 0 Å². The lowest BCUT2D eigenvalue weighted by molar-refractivity contribution is 0.585. The lowest BCUT2D eigenvalue weighted by Crippen LogP contribution is -2.15. The molecule has 1 aromatic rings. The molecule has 2 nitrogen and oxygen atoms in total. The van der Waals surface area contributed by atoms with Crippen molar-refractivity contribution in [1.29, 1.82) is 0 Å². The first-order valence-electron chi connectivity index (χ1n) is 6.01. The fraction of sp³-hybridized carbons (Fsp3) is 0.429. The van der Waals surface area contributed by atoms with E-state index in [0.29, 0.717) is 0 Å². The molecule has 0 aliphatic carbocycles. The normalized spacial score (nSPS) is 13.2. The first-order chi connectivity index (χ1) is 8.11. The summed E-state index contributed by atoms with van der Waals surface area (Å²) in [6.45, 7) is 5.72. The summed E-state index contributed by atoms with van der Waals surface area (Å²) in [4.78, 5) is 0. The van der Waals surface area contributed by atoms with Crippen molar-refractivity contribution in [3.8, 4) is 0 Å². The molecule has 0 aliphatic heterocycles. The van der Waals surface area contributed by atoms with Gasteiger partial charge in [-0.2, -0.15) is 0 Å². The number of rotatable bonds is 7. The molecule has 0 heterocycles. The van der Waals surface area contributed by atoms with Gasteiger partial charge in [0.2, 0.25) is 0 Å². The summed E-state index contributed by atoms with van der Waals surface area (Å²) in [6.07, 6.45) is 4.24. The van der Waals surface area contributed by atoms with Crippen molar-refractivity contribution < 1.29 is 8.42 Å². The van der Waals surface area contributed by atoms with Gasteiger partial charge in [0.15, 0.2) is 9.84 Å². The molecule has 94 valence electrons. The van der Waals surface area contributed by atoms with E-state index >= 15 is 0 Å². The monoisotopic (exact) mass is 252 g/mol. The van der Waals surface area contributed by atoms with Crippen molar-refractivity contribution in [3.05, 3.63) is 48.6 Å². The van der Waals surface area contributed by atoms with Crippen LogP contribution in [0.3, 0.4) is 0 Å². The van der Waals surface area contributed by atoms with Gasteiger partial charge in [-0.3, -0.25) is 0 Å². The zero-order valence-corrected chi connectivity index (χ0v) is 11.1. The van der Waals surface area contributed by atoms with E-state index < -0.39 is 15.1 Å². The van der Waals surface area contributed by atoms with Crippen LogP contribution in [0.25, 0.3) is 0 Å². The number of hydrogen-bond acceptors (Lipinski definition) is 2. The molecule has 0 fully saturated rings. The van der Waals surface area contributed by atoms with Crippen LogP contribution >= 0.6 is 0 Å². The van der Waals surface area contributed by atoms with Crippen molar-refractivity contribution in [2.24, 2.45) is 0 Å². The van der Waals surface area contributed by atoms with Crippen molar-refractivity contribution in [2.45, 2.75) is 31.4 Å². The molecular formula is C14H20O2S. The van der Waals surface area contributed by atoms with Crippen molar-refractivity contribution in [2.75, 3.05) is 5.75 Å². The first-order valence-corrected chi connectivity index (χ1v) is 7.72. The minimum atomic E-state index is -3.12. The second-order valence-corrected chi connectivity index (χ2v) is 6.38. The summed E-state index contributed by atoms with van der Waals surface area (Å²) in [6, 6.07) is 9.27. The van der Waals surface area contributed by atoms with Gasteiger partial charge in [0.1, 0.15) is 5.25 Å². The van der Waals surface area contributed by atoms with E-state index in [-0.39, 0.29) is 5.75 Å². The predicted molar refractivity (Wildman–Crippen MR) is 72.7 cm³/mol. The van der Waals surface area contributed by atoms with Gasteiger partial charge in [0.05, 0.1) is 5.75 Å². The molecular weight excluding hydrogens is 232 g/mol. The molecule has 0 aliphatic rings. The van der Waals surface area contributed by atoms with E-state index in [1.807, 2.05) is 30.3 Å². The van der Waals surface area contributed by atoms with Gasteiger partial charge >= 0.3 is 0 Å². The van der Waals surface area contributed by atoms with E-state index in [1.165, 1.54) is 6.08 Å². The minimum Gasteiger partial charge on any atom is -0.228 e. The van der Waals surface area contributed by atoms with Crippen molar-refractivity contribution in [1.82, 2.24) is 0 Å². The second-order valence-electron chi connectivity index (χ2n) is 4.14. The number of benzene rings is 1. The lowest BCUT2D eigenvalue weighted by atomic mass is 10.1. The molecule has 0 saturated heterocycles. The molecule has 0 bridgehead atoms. The fourth-order valence-corrected chi connectivity index (χ4v) is 3.54. The first kappa shape index (κ1) is 14.0. The summed E-state index contributed by atoms with van der Waals surface area (Å²) in [7, 11) is -3.12. The Morgan fingerprint density at radius 2 is 1.88 bits per heavy atom. The van der Waals surface area contributed by atoms with Crippen LogP contribution in [-0.4, -0.2) is 14.2 Å². The van der Waals surface area contributed by atoms with E-state index in [0.717, 1.165) is 24.8 Å². The summed E-state index contributed by atoms with van der Waals surface area (Å²) < 4.78 is 24.3. The molecule has 0 saturated carbocycles. The maximum Gasteiger partial charge on any atom is 0.160 e. The molecule has 1 rings (SSSR count). The van der Waals surface area contributed by atoms with Crippen LogP contribution in [-0.2, 0) is 9.84 Å². The standard InChI is InChI=1S/C14H20O2S/c1-3-5-9-12-17(15,16)14(4-2)13-10-7-6-8-11-13/h4,6-8,10-11,14H,2-3,5,9,12H2,1H3. The van der Waals surface area contributed by atoms with Crippen LogP contribution in [0.1, 0.15) is 37.0 Å². The Hall–Kier alpha value is -1.09. The SMILES string of the molecule is C=CC(c1ccccc1)S(=O)(=O)CCCCC. The summed E-state index contributed by atoms with van der Waals surface area (Å²) in [5.41, 5.74) is 0.805. The van der Waals surface area contributed by atoms with Crippen LogP contribution in [0.5, 0.6) is 0 Å². The molecule has 0 radical (unpaired) electrons. The Bertz CT molecular complexity index is 435. The Labute approximate surface area is 104 Å². The highest BCUT2D eigenvalue weighted by Gasteiger charge is 2.23. The lowest BCUT2D eigenvalue weighted by Gasteiger charge is -2.13. The predicted octanol–water partition coefficient (Wildman–Crippen LogP) is 3.52. The van der Waals surface area contributed by atoms with E-state index in [4.69, 9.17) is 0 Å². The molecule has 17 heavy (non-hydrogen) atoms. The average Bonchev–Trinajstić information content (AvgIpc) is 2.31. The Morgan fingerprint density at radius 3 is 2.41 bits per heavy atom. The van der Waals surface area contributed by atoms with Gasteiger partial charge in [-0.05, 0) is 12.0 Å². The largest absolute Gasteiger partial charge is 0.228 e. The van der Waals surface area contributed by atoms with Gasteiger partial charge < -0.3 is 0 Å². The van der Waals surface area contributed by atoms with Gasteiger partial charge in [-0.1, -0.05) is 56.2 Å². The van der Waals surface area contributed by atoms with Crippen LogP contribution < -0.4 is 0 Å². The third-order valence-electron chi connectivity index (χ3n) is 2.76. The third kappa shape index (κ3) is 4.00. The highest BCUT2D eigenvalue weighted by Crippen LogP contribution is 2.24. The molecule has 0 N–H and O–H groups in total. The number of unbranched alkanes of at least 4 members (excludes halogenated alkanes) is 2. The number of sulfone groups is 1. The zero-order chi connectivity index (χ0) is 12.7. The Kier molecular flexibility index (Phi) is 5.42. The maximum absolute atomic E-state index is 12.2. The summed E-state index contributed by atoms with van der Waals surface area (Å²) in [5, 5.41) is -0.569. The van der Waals surface area contributed by atoms with E-state index in [2.05, 4.69) is 13.5 Å². The quantitative estimate of drug-likeness (QED) is 0.549. The minimum absolute atomic E-state index is 0.242. The molecule has 1 atom stereocenters. The molecule has 0 amide bonds. The van der Waals surface area contributed by atoms with Gasteiger partial charge in [0.25, 0.3) is 0 Å². The zero-order valence-electron chi connectivity index (χ0n) is 10.3. The molecule has 1 aromatic carbocycles. The maximum atomic E-state index is 12.2. The van der Waals surface area contributed by atoms with Gasteiger partial charge in [-0.15, -0.1) is 6.58 Å². The van der Waals surface area contributed by atoms with Gasteiger partial charge in [-0.25, -0.2) is 8.42 Å².